The van der Waals surface area contributed by atoms with Crippen LogP contribution in [0.4, 0.5) is 0 Å². The fourth-order valence-electron chi connectivity index (χ4n) is 1.95. The van der Waals surface area contributed by atoms with Gasteiger partial charge in [-0.25, -0.2) is 0 Å². The number of amides is 3. The molecule has 0 saturated carbocycles. The number of nitrogens with two attached hydrogens (primary N) is 2. The van der Waals surface area contributed by atoms with Gasteiger partial charge in [0.25, 0.3) is 0 Å². The van der Waals surface area contributed by atoms with Crippen molar-refractivity contribution in [2.24, 2.45) is 11.5 Å². The van der Waals surface area contributed by atoms with E-state index in [1.54, 1.807) is 0 Å². The number of unbranched alkanes of at least 4 members (excludes halogenated alkanes) is 1. The van der Waals surface area contributed by atoms with Crippen molar-refractivity contribution in [3.05, 3.63) is 0 Å². The maximum absolute atomic E-state index is 12.3. The summed E-state index contributed by atoms with van der Waals surface area (Å²) in [6.45, 7) is 0.747. The fraction of sp³-hybridized carbons (Fsp3) is 0.714. The zero-order valence-corrected chi connectivity index (χ0v) is 14.2. The van der Waals surface area contributed by atoms with E-state index in [4.69, 9.17) is 16.6 Å². The van der Waals surface area contributed by atoms with E-state index in [2.05, 4.69) is 16.0 Å². The molecule has 0 aromatic rings. The highest BCUT2D eigenvalue weighted by Gasteiger charge is 2.29. The quantitative estimate of drug-likeness (QED) is 0.175. The van der Waals surface area contributed by atoms with Gasteiger partial charge in [-0.1, -0.05) is 0 Å². The van der Waals surface area contributed by atoms with Crippen LogP contribution >= 0.6 is 0 Å². The third kappa shape index (κ3) is 9.59. The number of carbonyl (C=O) groups excluding carboxylic acids is 3. The predicted octanol–water partition coefficient (Wildman–Crippen LogP) is -3.37. The maximum Gasteiger partial charge on any atom is 0.322 e. The lowest BCUT2D eigenvalue weighted by Crippen LogP contribution is -2.57. The Balaban J connectivity index is 4.97. The van der Waals surface area contributed by atoms with E-state index < -0.39 is 48.4 Å². The summed E-state index contributed by atoms with van der Waals surface area (Å²) in [5.74, 6) is -3.32. The van der Waals surface area contributed by atoms with Crippen molar-refractivity contribution in [3.63, 3.8) is 0 Å². The van der Waals surface area contributed by atoms with Gasteiger partial charge in [0.15, 0.2) is 0 Å². The highest BCUT2D eigenvalue weighted by atomic mass is 16.4. The zero-order valence-electron chi connectivity index (χ0n) is 14.2. The molecule has 25 heavy (non-hydrogen) atoms. The molecule has 0 fully saturated rings. The van der Waals surface area contributed by atoms with Crippen molar-refractivity contribution in [1.82, 2.24) is 16.0 Å². The van der Waals surface area contributed by atoms with E-state index in [0.29, 0.717) is 19.4 Å². The Morgan fingerprint density at radius 1 is 1.04 bits per heavy atom. The summed E-state index contributed by atoms with van der Waals surface area (Å²) in [5, 5.41) is 25.1. The van der Waals surface area contributed by atoms with E-state index in [1.165, 1.54) is 6.92 Å². The Kier molecular flexibility index (Phi) is 11.1. The first-order valence-electron chi connectivity index (χ1n) is 7.90. The minimum atomic E-state index is -1.29. The summed E-state index contributed by atoms with van der Waals surface area (Å²) >= 11 is 0. The smallest absolute Gasteiger partial charge is 0.322 e. The molecule has 0 saturated heterocycles. The van der Waals surface area contributed by atoms with Crippen LogP contribution in [0.3, 0.4) is 0 Å². The van der Waals surface area contributed by atoms with Gasteiger partial charge < -0.3 is 37.6 Å². The Hall–Kier alpha value is -2.24. The molecule has 11 heteroatoms. The zero-order chi connectivity index (χ0) is 19.4. The summed E-state index contributed by atoms with van der Waals surface area (Å²) in [5.41, 5.74) is 10.6. The number of aliphatic hydroxyl groups excluding tert-OH is 1. The third-order valence-corrected chi connectivity index (χ3v) is 3.26. The SMILES string of the molecule is CC(O)C(NC(=O)CN)C(=O)NC(CCCCN)C(=O)NCC(=O)O. The molecule has 144 valence electrons. The number of carbonyl (C=O) groups is 4. The summed E-state index contributed by atoms with van der Waals surface area (Å²) in [6, 6.07) is -2.31. The molecule has 0 aliphatic heterocycles. The highest BCUT2D eigenvalue weighted by molar-refractivity contribution is 5.93. The lowest BCUT2D eigenvalue weighted by molar-refractivity contribution is -0.138. The minimum Gasteiger partial charge on any atom is -0.480 e. The monoisotopic (exact) mass is 361 g/mol. The molecule has 0 rings (SSSR count). The van der Waals surface area contributed by atoms with Crippen molar-refractivity contribution in [1.29, 1.82) is 0 Å². The Morgan fingerprint density at radius 3 is 2.16 bits per heavy atom. The molecule has 0 aromatic heterocycles. The summed E-state index contributed by atoms with van der Waals surface area (Å²) < 4.78 is 0. The van der Waals surface area contributed by atoms with E-state index >= 15 is 0 Å². The van der Waals surface area contributed by atoms with Gasteiger partial charge in [-0.05, 0) is 32.7 Å². The number of hydrogen-bond acceptors (Lipinski definition) is 7. The molecule has 0 bridgehead atoms. The topological polar surface area (TPSA) is 197 Å². The van der Waals surface area contributed by atoms with Gasteiger partial charge in [-0.3, -0.25) is 19.2 Å². The first-order valence-corrected chi connectivity index (χ1v) is 7.90. The second-order valence-corrected chi connectivity index (χ2v) is 5.45. The number of rotatable bonds is 12. The molecule has 11 nitrogen and oxygen atoms in total. The lowest BCUT2D eigenvalue weighted by atomic mass is 10.1. The number of aliphatic hydroxyl groups is 1. The molecular formula is C14H27N5O6. The van der Waals surface area contributed by atoms with Gasteiger partial charge in [-0.2, -0.15) is 0 Å². The number of aliphatic carboxylic acids is 1. The minimum absolute atomic E-state index is 0.228. The second-order valence-electron chi connectivity index (χ2n) is 5.45. The van der Waals surface area contributed by atoms with Crippen LogP contribution in [-0.4, -0.2) is 71.7 Å². The standard InChI is InChI=1S/C14H27N5O6/c1-8(20)12(19-10(21)6-16)14(25)18-9(4-2-3-5-15)13(24)17-7-11(22)23/h8-9,12,20H,2-7,15-16H2,1H3,(H,17,24)(H,18,25)(H,19,21)(H,22,23). The van der Waals surface area contributed by atoms with Crippen LogP contribution in [0.2, 0.25) is 0 Å². The molecule has 0 aliphatic rings. The van der Waals surface area contributed by atoms with Crippen LogP contribution in [0.5, 0.6) is 0 Å². The van der Waals surface area contributed by atoms with Crippen molar-refractivity contribution < 1.29 is 29.4 Å². The van der Waals surface area contributed by atoms with Crippen LogP contribution in [-0.2, 0) is 19.2 Å². The van der Waals surface area contributed by atoms with Gasteiger partial charge >= 0.3 is 5.97 Å². The van der Waals surface area contributed by atoms with Crippen molar-refractivity contribution >= 4 is 23.7 Å². The number of nitrogens with one attached hydrogen (secondary N) is 3. The average molecular weight is 361 g/mol. The number of hydrogen-bond donors (Lipinski definition) is 7. The fourth-order valence-corrected chi connectivity index (χ4v) is 1.95. The van der Waals surface area contributed by atoms with Crippen LogP contribution in [0.25, 0.3) is 0 Å². The summed E-state index contributed by atoms with van der Waals surface area (Å²) in [6.07, 6.45) is 0.145. The van der Waals surface area contributed by atoms with Crippen LogP contribution in [0.15, 0.2) is 0 Å². The predicted molar refractivity (Wildman–Crippen MR) is 88.1 cm³/mol. The van der Waals surface area contributed by atoms with E-state index in [1.807, 2.05) is 0 Å². The Labute approximate surface area is 145 Å². The largest absolute Gasteiger partial charge is 0.480 e. The highest BCUT2D eigenvalue weighted by Crippen LogP contribution is 2.03. The molecule has 0 heterocycles. The van der Waals surface area contributed by atoms with E-state index in [9.17, 15) is 24.3 Å². The molecule has 0 radical (unpaired) electrons. The molecular weight excluding hydrogens is 334 g/mol. The van der Waals surface area contributed by atoms with Crippen molar-refractivity contribution in [2.75, 3.05) is 19.6 Å². The molecule has 0 aromatic carbocycles. The first-order chi connectivity index (χ1) is 11.7. The molecule has 3 atom stereocenters. The Morgan fingerprint density at radius 2 is 1.68 bits per heavy atom. The molecule has 0 aliphatic carbocycles. The van der Waals surface area contributed by atoms with Gasteiger partial charge in [0.2, 0.25) is 17.7 Å². The third-order valence-electron chi connectivity index (χ3n) is 3.26. The summed E-state index contributed by atoms with van der Waals surface area (Å²) in [4.78, 5) is 46.2. The normalized spacial score (nSPS) is 14.1. The second kappa shape index (κ2) is 12.2. The molecule has 0 spiro atoms. The van der Waals surface area contributed by atoms with Crippen LogP contribution in [0.1, 0.15) is 26.2 Å². The molecule has 3 amide bonds. The van der Waals surface area contributed by atoms with Gasteiger partial charge in [0.1, 0.15) is 18.6 Å². The number of carboxylic acids is 1. The Bertz CT molecular complexity index is 471. The van der Waals surface area contributed by atoms with E-state index in [-0.39, 0.29) is 13.0 Å². The van der Waals surface area contributed by atoms with Crippen LogP contribution < -0.4 is 27.4 Å². The maximum atomic E-state index is 12.3. The number of carboxylic acid groups (broad SMARTS) is 1. The summed E-state index contributed by atoms with van der Waals surface area (Å²) in [7, 11) is 0. The van der Waals surface area contributed by atoms with Crippen molar-refractivity contribution in [2.45, 2.75) is 44.4 Å². The molecule has 9 N–H and O–H groups in total. The van der Waals surface area contributed by atoms with Crippen molar-refractivity contribution in [3.8, 4) is 0 Å². The van der Waals surface area contributed by atoms with Gasteiger partial charge in [0.05, 0.1) is 12.6 Å². The molecule has 3 unspecified atom stereocenters. The van der Waals surface area contributed by atoms with Gasteiger partial charge in [-0.15, -0.1) is 0 Å². The van der Waals surface area contributed by atoms with E-state index in [0.717, 1.165) is 0 Å². The van der Waals surface area contributed by atoms with Crippen LogP contribution in [0, 0.1) is 0 Å². The average Bonchev–Trinajstić information content (AvgIpc) is 2.55. The lowest BCUT2D eigenvalue weighted by Gasteiger charge is -2.24. The first kappa shape index (κ1) is 22.8. The van der Waals surface area contributed by atoms with Gasteiger partial charge in [0, 0.05) is 0 Å².